The number of aromatic carboxylic acids is 1. The third-order valence-electron chi connectivity index (χ3n) is 3.99. The van der Waals surface area contributed by atoms with Crippen molar-refractivity contribution < 1.29 is 19.8 Å². The molecule has 1 saturated heterocycles. The summed E-state index contributed by atoms with van der Waals surface area (Å²) in [5, 5.41) is 20.8. The minimum atomic E-state index is -0.962. The molecule has 0 aromatic heterocycles. The molecule has 2 amide bonds. The van der Waals surface area contributed by atoms with Crippen molar-refractivity contribution in [3.05, 3.63) is 35.4 Å². The van der Waals surface area contributed by atoms with Crippen molar-refractivity contribution in [1.82, 2.24) is 10.2 Å². The van der Waals surface area contributed by atoms with Gasteiger partial charge in [0.25, 0.3) is 0 Å². The van der Waals surface area contributed by atoms with Crippen LogP contribution in [0.25, 0.3) is 0 Å². The molecule has 1 aliphatic heterocycles. The number of carboxylic acid groups (broad SMARTS) is 1. The molecule has 1 atom stereocenters. The van der Waals surface area contributed by atoms with Crippen LogP contribution in [0.4, 0.5) is 4.79 Å². The second-order valence-corrected chi connectivity index (χ2v) is 5.52. The van der Waals surface area contributed by atoms with E-state index in [0.29, 0.717) is 19.5 Å². The molecule has 1 aromatic rings. The number of carboxylic acids is 1. The zero-order valence-electron chi connectivity index (χ0n) is 12.5. The predicted molar refractivity (Wildman–Crippen MR) is 81.7 cm³/mol. The summed E-state index contributed by atoms with van der Waals surface area (Å²) in [6.45, 7) is 1.17. The number of piperidine rings is 1. The summed E-state index contributed by atoms with van der Waals surface area (Å²) in [4.78, 5) is 24.9. The number of likely N-dealkylation sites (tertiary alicyclic amines) is 1. The largest absolute Gasteiger partial charge is 0.478 e. The van der Waals surface area contributed by atoms with Crippen molar-refractivity contribution in [2.45, 2.75) is 38.3 Å². The van der Waals surface area contributed by atoms with E-state index in [1.54, 1.807) is 17.0 Å². The van der Waals surface area contributed by atoms with E-state index in [-0.39, 0.29) is 24.2 Å². The highest BCUT2D eigenvalue weighted by molar-refractivity contribution is 5.87. The Hall–Kier alpha value is -2.08. The summed E-state index contributed by atoms with van der Waals surface area (Å²) in [6, 6.07) is 6.43. The molecule has 0 spiro atoms. The lowest BCUT2D eigenvalue weighted by molar-refractivity contribution is 0.0696. The van der Waals surface area contributed by atoms with E-state index in [2.05, 4.69) is 5.32 Å². The predicted octanol–water partition coefficient (Wildman–Crippen LogP) is 1.83. The van der Waals surface area contributed by atoms with Crippen LogP contribution >= 0.6 is 0 Å². The number of hydrogen-bond acceptors (Lipinski definition) is 3. The Labute approximate surface area is 129 Å². The highest BCUT2D eigenvalue weighted by Crippen LogP contribution is 2.19. The summed E-state index contributed by atoms with van der Waals surface area (Å²) in [7, 11) is 0. The van der Waals surface area contributed by atoms with Gasteiger partial charge >= 0.3 is 12.0 Å². The van der Waals surface area contributed by atoms with Gasteiger partial charge in [0.2, 0.25) is 0 Å². The highest BCUT2D eigenvalue weighted by Gasteiger charge is 2.25. The third kappa shape index (κ3) is 4.21. The first kappa shape index (κ1) is 16.3. The fourth-order valence-electron chi connectivity index (χ4n) is 2.76. The average molecular weight is 306 g/mol. The van der Waals surface area contributed by atoms with Crippen LogP contribution in [0.15, 0.2) is 24.3 Å². The number of carbonyl (C=O) groups is 2. The first-order valence-corrected chi connectivity index (χ1v) is 7.59. The van der Waals surface area contributed by atoms with E-state index in [1.165, 1.54) is 12.1 Å². The summed E-state index contributed by atoms with van der Waals surface area (Å²) < 4.78 is 0. The van der Waals surface area contributed by atoms with E-state index in [0.717, 1.165) is 24.8 Å². The van der Waals surface area contributed by atoms with Crippen LogP contribution in [0.5, 0.6) is 0 Å². The zero-order valence-corrected chi connectivity index (χ0v) is 12.5. The van der Waals surface area contributed by atoms with E-state index >= 15 is 0 Å². The number of rotatable bonds is 5. The van der Waals surface area contributed by atoms with Gasteiger partial charge in [0.1, 0.15) is 0 Å². The Balaban J connectivity index is 1.89. The molecule has 0 aliphatic carbocycles. The molecule has 1 aromatic carbocycles. The molecule has 6 heteroatoms. The highest BCUT2D eigenvalue weighted by atomic mass is 16.4. The maximum atomic E-state index is 12.3. The van der Waals surface area contributed by atoms with Gasteiger partial charge in [-0.1, -0.05) is 12.1 Å². The Morgan fingerprint density at radius 1 is 1.23 bits per heavy atom. The van der Waals surface area contributed by atoms with Crippen molar-refractivity contribution in [3.8, 4) is 0 Å². The quantitative estimate of drug-likeness (QED) is 0.774. The normalized spacial score (nSPS) is 18.0. The number of aliphatic hydroxyl groups excluding tert-OH is 1. The minimum Gasteiger partial charge on any atom is -0.478 e. The molecular formula is C16H22N2O4. The number of benzene rings is 1. The van der Waals surface area contributed by atoms with Crippen LogP contribution in [-0.2, 0) is 6.54 Å². The van der Waals surface area contributed by atoms with Crippen LogP contribution in [0.3, 0.4) is 0 Å². The monoisotopic (exact) mass is 306 g/mol. The third-order valence-corrected chi connectivity index (χ3v) is 3.99. The topological polar surface area (TPSA) is 89.9 Å². The van der Waals surface area contributed by atoms with Crippen molar-refractivity contribution >= 4 is 12.0 Å². The molecule has 1 fully saturated rings. The van der Waals surface area contributed by atoms with Crippen LogP contribution in [0.1, 0.15) is 41.6 Å². The van der Waals surface area contributed by atoms with E-state index < -0.39 is 5.97 Å². The first-order chi connectivity index (χ1) is 10.6. The lowest BCUT2D eigenvalue weighted by Gasteiger charge is -2.35. The summed E-state index contributed by atoms with van der Waals surface area (Å²) >= 11 is 0. The Morgan fingerprint density at radius 2 is 1.95 bits per heavy atom. The second kappa shape index (κ2) is 7.79. The van der Waals surface area contributed by atoms with Gasteiger partial charge in [-0.2, -0.15) is 0 Å². The standard InChI is InChI=1S/C16H22N2O4/c19-10-8-14-3-1-2-9-18(14)16(22)17-11-12-4-6-13(7-5-12)15(20)21/h4-7,14,19H,1-3,8-11H2,(H,17,22)(H,20,21). The van der Waals surface area contributed by atoms with Crippen LogP contribution in [0.2, 0.25) is 0 Å². The van der Waals surface area contributed by atoms with Gasteiger partial charge in [-0.15, -0.1) is 0 Å². The van der Waals surface area contributed by atoms with Crippen LogP contribution in [-0.4, -0.2) is 46.3 Å². The number of amides is 2. The maximum absolute atomic E-state index is 12.3. The fourth-order valence-corrected chi connectivity index (χ4v) is 2.76. The number of hydrogen-bond donors (Lipinski definition) is 3. The van der Waals surface area contributed by atoms with Crippen LogP contribution in [0, 0.1) is 0 Å². The van der Waals surface area contributed by atoms with E-state index in [4.69, 9.17) is 10.2 Å². The maximum Gasteiger partial charge on any atom is 0.335 e. The average Bonchev–Trinajstić information content (AvgIpc) is 2.54. The Morgan fingerprint density at radius 3 is 2.59 bits per heavy atom. The van der Waals surface area contributed by atoms with Crippen LogP contribution < -0.4 is 5.32 Å². The van der Waals surface area contributed by atoms with Gasteiger partial charge in [-0.25, -0.2) is 9.59 Å². The molecule has 3 N–H and O–H groups in total. The van der Waals surface area contributed by atoms with E-state index in [1.807, 2.05) is 0 Å². The molecule has 22 heavy (non-hydrogen) atoms. The molecule has 120 valence electrons. The molecule has 1 unspecified atom stereocenters. The Bertz CT molecular complexity index is 513. The molecule has 6 nitrogen and oxygen atoms in total. The van der Waals surface area contributed by atoms with Gasteiger partial charge < -0.3 is 20.4 Å². The molecule has 2 rings (SSSR count). The van der Waals surface area contributed by atoms with Crippen molar-refractivity contribution in [2.75, 3.05) is 13.2 Å². The van der Waals surface area contributed by atoms with Gasteiger partial charge in [-0.05, 0) is 43.4 Å². The second-order valence-electron chi connectivity index (χ2n) is 5.52. The van der Waals surface area contributed by atoms with Crippen molar-refractivity contribution in [3.63, 3.8) is 0 Å². The van der Waals surface area contributed by atoms with Crippen molar-refractivity contribution in [2.24, 2.45) is 0 Å². The van der Waals surface area contributed by atoms with Gasteiger partial charge in [0.05, 0.1) is 5.56 Å². The van der Waals surface area contributed by atoms with Gasteiger partial charge in [-0.3, -0.25) is 0 Å². The van der Waals surface area contributed by atoms with Gasteiger partial charge in [0.15, 0.2) is 0 Å². The first-order valence-electron chi connectivity index (χ1n) is 7.59. The molecule has 0 radical (unpaired) electrons. The summed E-state index contributed by atoms with van der Waals surface area (Å²) in [5.41, 5.74) is 1.09. The number of nitrogens with zero attached hydrogens (tertiary/aromatic N) is 1. The number of carbonyl (C=O) groups excluding carboxylic acids is 1. The number of aliphatic hydroxyl groups is 1. The van der Waals surface area contributed by atoms with E-state index in [9.17, 15) is 9.59 Å². The fraction of sp³-hybridized carbons (Fsp3) is 0.500. The summed E-state index contributed by atoms with van der Waals surface area (Å²) in [5.74, 6) is -0.962. The molecule has 0 bridgehead atoms. The molecule has 1 heterocycles. The smallest absolute Gasteiger partial charge is 0.335 e. The lowest BCUT2D eigenvalue weighted by Crippen LogP contribution is -2.48. The SMILES string of the molecule is O=C(O)c1ccc(CNC(=O)N2CCCCC2CCO)cc1. The lowest BCUT2D eigenvalue weighted by atomic mass is 10.0. The summed E-state index contributed by atoms with van der Waals surface area (Å²) in [6.07, 6.45) is 3.62. The minimum absolute atomic E-state index is 0.0884. The zero-order chi connectivity index (χ0) is 15.9. The number of urea groups is 1. The number of nitrogens with one attached hydrogen (secondary N) is 1. The Kier molecular flexibility index (Phi) is 5.77. The molecule has 0 saturated carbocycles. The molecule has 1 aliphatic rings. The van der Waals surface area contributed by atoms with Gasteiger partial charge in [0, 0.05) is 25.7 Å². The van der Waals surface area contributed by atoms with Crippen molar-refractivity contribution in [1.29, 1.82) is 0 Å². The molecular weight excluding hydrogens is 284 g/mol.